The minimum Gasteiger partial charge on any atom is -0.372 e. The molecule has 1 aromatic rings. The van der Waals surface area contributed by atoms with E-state index < -0.39 is 17.9 Å². The van der Waals surface area contributed by atoms with Gasteiger partial charge in [0.25, 0.3) is 0 Å². The van der Waals surface area contributed by atoms with Gasteiger partial charge in [0, 0.05) is 18.8 Å². The first-order valence-electron chi connectivity index (χ1n) is 6.55. The van der Waals surface area contributed by atoms with E-state index in [0.717, 1.165) is 19.3 Å². The molecule has 0 saturated carbocycles. The summed E-state index contributed by atoms with van der Waals surface area (Å²) < 4.78 is 43.7. The van der Waals surface area contributed by atoms with Crippen LogP contribution in [0.2, 0.25) is 0 Å². The molecule has 1 saturated heterocycles. The molecule has 1 heterocycles. The van der Waals surface area contributed by atoms with Crippen molar-refractivity contribution < 1.29 is 9.87 Å². The third kappa shape index (κ3) is 2.61. The largest absolute Gasteiger partial charge is 0.372 e. The van der Waals surface area contributed by atoms with Gasteiger partial charge in [-0.1, -0.05) is 0 Å². The first-order chi connectivity index (χ1) is 8.04. The molecule has 0 atom stereocenters. The molecule has 0 radical (unpaired) electrons. The SMILES string of the molecule is Cl.[2H]c1c([2H])c(N2CCCCC2)c([2H])c([2H])c1F. The summed E-state index contributed by atoms with van der Waals surface area (Å²) >= 11 is 0. The van der Waals surface area contributed by atoms with E-state index in [4.69, 9.17) is 5.48 Å². The maximum absolute atomic E-state index is 13.4. The molecule has 1 fully saturated rings. The third-order valence-electron chi connectivity index (χ3n) is 2.25. The molecular weight excluding hydrogens is 201 g/mol. The highest BCUT2D eigenvalue weighted by molar-refractivity contribution is 5.85. The fourth-order valence-electron chi connectivity index (χ4n) is 1.57. The van der Waals surface area contributed by atoms with Crippen LogP contribution in [-0.4, -0.2) is 13.1 Å². The molecule has 1 nitrogen and oxygen atoms in total. The van der Waals surface area contributed by atoms with E-state index in [1.165, 1.54) is 0 Å². The summed E-state index contributed by atoms with van der Waals surface area (Å²) in [4.78, 5) is 1.82. The quantitative estimate of drug-likeness (QED) is 0.701. The minimum absolute atomic E-state index is 0. The Bertz CT molecular complexity index is 420. The van der Waals surface area contributed by atoms with Gasteiger partial charge >= 0.3 is 0 Å². The van der Waals surface area contributed by atoms with Crippen LogP contribution in [0.25, 0.3) is 0 Å². The zero-order valence-electron chi connectivity index (χ0n) is 11.8. The van der Waals surface area contributed by atoms with Crippen molar-refractivity contribution in [2.24, 2.45) is 0 Å². The summed E-state index contributed by atoms with van der Waals surface area (Å²) in [6.07, 6.45) is 3.05. The zero-order chi connectivity index (χ0) is 12.6. The van der Waals surface area contributed by atoms with E-state index in [0.29, 0.717) is 13.1 Å². The summed E-state index contributed by atoms with van der Waals surface area (Å²) in [5.41, 5.74) is 0.237. The van der Waals surface area contributed by atoms with Crippen molar-refractivity contribution in [2.45, 2.75) is 19.3 Å². The van der Waals surface area contributed by atoms with Crippen molar-refractivity contribution in [3.8, 4) is 0 Å². The average molecular weight is 220 g/mol. The summed E-state index contributed by atoms with van der Waals surface area (Å²) in [5, 5.41) is 0. The molecule has 0 spiro atoms. The highest BCUT2D eigenvalue weighted by Gasteiger charge is 2.09. The van der Waals surface area contributed by atoms with Crippen LogP contribution < -0.4 is 4.90 Å². The van der Waals surface area contributed by atoms with E-state index >= 15 is 0 Å². The predicted molar refractivity (Wildman–Crippen MR) is 59.7 cm³/mol. The number of hydrogen-bond donors (Lipinski definition) is 0. The van der Waals surface area contributed by atoms with E-state index in [1.807, 2.05) is 4.90 Å². The van der Waals surface area contributed by atoms with E-state index in [-0.39, 0.29) is 30.2 Å². The Morgan fingerprint density at radius 2 is 1.64 bits per heavy atom. The Balaban J connectivity index is 0.00000162. The van der Waals surface area contributed by atoms with Crippen molar-refractivity contribution in [3.63, 3.8) is 0 Å². The number of benzene rings is 1. The lowest BCUT2D eigenvalue weighted by Gasteiger charge is -2.28. The Morgan fingerprint density at radius 1 is 1.07 bits per heavy atom. The molecule has 14 heavy (non-hydrogen) atoms. The molecule has 0 amide bonds. The maximum Gasteiger partial charge on any atom is 0.123 e. The number of hydrogen-bond acceptors (Lipinski definition) is 1. The summed E-state index contributed by atoms with van der Waals surface area (Å²) in [5.74, 6) is -1.07. The second-order valence-corrected chi connectivity index (χ2v) is 3.21. The van der Waals surface area contributed by atoms with Crippen LogP contribution in [-0.2, 0) is 0 Å². The summed E-state index contributed by atoms with van der Waals surface area (Å²) in [7, 11) is 0. The monoisotopic (exact) mass is 219 g/mol. The normalized spacial score (nSPS) is 20.2. The number of nitrogens with zero attached hydrogens (tertiary/aromatic N) is 1. The van der Waals surface area contributed by atoms with E-state index in [9.17, 15) is 4.39 Å². The second kappa shape index (κ2) is 5.20. The van der Waals surface area contributed by atoms with Crippen LogP contribution in [0.3, 0.4) is 0 Å². The van der Waals surface area contributed by atoms with Gasteiger partial charge in [-0.2, -0.15) is 0 Å². The molecule has 1 aromatic carbocycles. The first-order valence-corrected chi connectivity index (χ1v) is 4.55. The predicted octanol–water partition coefficient (Wildman–Crippen LogP) is 3.24. The molecule has 3 heteroatoms. The Morgan fingerprint density at radius 3 is 2.21 bits per heavy atom. The Hall–Kier alpha value is -0.760. The van der Waals surface area contributed by atoms with Gasteiger partial charge in [0.2, 0.25) is 0 Å². The fraction of sp³-hybridized carbons (Fsp3) is 0.455. The van der Waals surface area contributed by atoms with Crippen molar-refractivity contribution in [1.82, 2.24) is 0 Å². The lowest BCUT2D eigenvalue weighted by molar-refractivity contribution is 0.576. The minimum atomic E-state index is -1.07. The van der Waals surface area contributed by atoms with Gasteiger partial charge in [0.05, 0.1) is 5.48 Å². The van der Waals surface area contributed by atoms with Crippen LogP contribution in [0.15, 0.2) is 24.2 Å². The van der Waals surface area contributed by atoms with Gasteiger partial charge in [-0.25, -0.2) is 4.39 Å². The summed E-state index contributed by atoms with van der Waals surface area (Å²) in [6.45, 7) is 1.42. The molecule has 0 aromatic heterocycles. The third-order valence-corrected chi connectivity index (χ3v) is 2.25. The lowest BCUT2D eigenvalue weighted by atomic mass is 10.1. The van der Waals surface area contributed by atoms with Gasteiger partial charge in [-0.15, -0.1) is 12.4 Å². The molecule has 0 N–H and O–H groups in total. The number of piperidine rings is 1. The maximum atomic E-state index is 13.4. The van der Waals surface area contributed by atoms with E-state index in [1.54, 1.807) is 0 Å². The summed E-state index contributed by atoms with van der Waals surface area (Å²) in [6, 6.07) is -1.70. The number of anilines is 1. The Kier molecular flexibility index (Phi) is 2.48. The average Bonchev–Trinajstić information content (AvgIpc) is 2.36. The van der Waals surface area contributed by atoms with Gasteiger partial charge in [-0.3, -0.25) is 0 Å². The van der Waals surface area contributed by atoms with Crippen molar-refractivity contribution in [2.75, 3.05) is 18.0 Å². The highest BCUT2D eigenvalue weighted by Crippen LogP contribution is 2.19. The molecule has 0 bridgehead atoms. The molecule has 1 aliphatic heterocycles. The molecule has 0 unspecified atom stereocenters. The van der Waals surface area contributed by atoms with Gasteiger partial charge in [0.15, 0.2) is 0 Å². The van der Waals surface area contributed by atoms with Gasteiger partial charge in [0.1, 0.15) is 5.82 Å². The fourth-order valence-corrected chi connectivity index (χ4v) is 1.57. The molecule has 0 aliphatic carbocycles. The molecule has 1 aliphatic rings. The van der Waals surface area contributed by atoms with Gasteiger partial charge < -0.3 is 4.90 Å². The van der Waals surface area contributed by atoms with Crippen molar-refractivity contribution >= 4 is 18.1 Å². The van der Waals surface area contributed by atoms with Crippen LogP contribution >= 0.6 is 12.4 Å². The topological polar surface area (TPSA) is 3.24 Å². The Labute approximate surface area is 95.9 Å². The van der Waals surface area contributed by atoms with Crippen LogP contribution in [0.4, 0.5) is 10.1 Å². The van der Waals surface area contributed by atoms with Crippen LogP contribution in [0.1, 0.15) is 24.7 Å². The molecule has 78 valence electrons. The second-order valence-electron chi connectivity index (χ2n) is 3.21. The standard InChI is InChI=1S/C11H14FN.ClH/c12-10-4-6-11(7-5-10)13-8-2-1-3-9-13;/h4-7H,1-3,8-9H2;1H/i4D,5D,6D,7D;. The molecular formula is C11H15ClFN. The number of halogens is 2. The van der Waals surface area contributed by atoms with Crippen molar-refractivity contribution in [3.05, 3.63) is 30.0 Å². The highest BCUT2D eigenvalue weighted by atomic mass is 35.5. The molecule has 2 rings (SSSR count). The van der Waals surface area contributed by atoms with Gasteiger partial charge in [-0.05, 0) is 43.4 Å². The smallest absolute Gasteiger partial charge is 0.123 e. The lowest BCUT2D eigenvalue weighted by Crippen LogP contribution is -2.29. The zero-order valence-corrected chi connectivity index (χ0v) is 8.59. The van der Waals surface area contributed by atoms with Crippen LogP contribution in [0.5, 0.6) is 0 Å². The first kappa shape index (κ1) is 6.67. The van der Waals surface area contributed by atoms with Crippen LogP contribution in [0, 0.1) is 5.82 Å². The number of rotatable bonds is 1. The van der Waals surface area contributed by atoms with E-state index in [2.05, 4.69) is 0 Å². The van der Waals surface area contributed by atoms with Crippen molar-refractivity contribution in [1.29, 1.82) is 0 Å².